The Hall–Kier alpha value is -4.22. The number of ether oxygens (including phenoxy) is 2. The molecule has 0 aliphatic carbocycles. The number of methoxy groups -OCH3 is 1. The van der Waals surface area contributed by atoms with E-state index in [9.17, 15) is 10.1 Å². The van der Waals surface area contributed by atoms with Gasteiger partial charge in [-0.1, -0.05) is 35.5 Å². The largest absolute Gasteiger partial charge is 0.490 e. The molecule has 5 rings (SSSR count). The summed E-state index contributed by atoms with van der Waals surface area (Å²) in [7, 11) is 1.43. The van der Waals surface area contributed by atoms with Crippen molar-refractivity contribution in [1.29, 1.82) is 5.26 Å². The van der Waals surface area contributed by atoms with E-state index >= 15 is 0 Å². The molecule has 0 radical (unpaired) electrons. The van der Waals surface area contributed by atoms with E-state index in [1.54, 1.807) is 12.1 Å². The average Bonchev–Trinajstić information content (AvgIpc) is 3.35. The lowest BCUT2D eigenvalue weighted by molar-refractivity contribution is -0.151. The highest BCUT2D eigenvalue weighted by atomic mass is 16.5. The second-order valence-electron chi connectivity index (χ2n) is 9.14. The molecule has 0 bridgehead atoms. The highest BCUT2D eigenvalue weighted by Gasteiger charge is 2.33. The highest BCUT2D eigenvalue weighted by molar-refractivity contribution is 5.97. The SMILES string of the molecule is COC(=O)C1CN(Cc2ccc(-c3nc(-c4ccc(OC(C)C)c(C#N)c4)no3)c3ccccc23)C1. The summed E-state index contributed by atoms with van der Waals surface area (Å²) in [4.78, 5) is 18.6. The van der Waals surface area contributed by atoms with E-state index in [1.165, 1.54) is 7.11 Å². The maximum Gasteiger partial charge on any atom is 0.311 e. The van der Waals surface area contributed by atoms with Gasteiger partial charge >= 0.3 is 5.97 Å². The molecule has 1 aliphatic heterocycles. The third-order valence-corrected chi connectivity index (χ3v) is 6.28. The first-order chi connectivity index (χ1) is 17.5. The highest BCUT2D eigenvalue weighted by Crippen LogP contribution is 2.33. The van der Waals surface area contributed by atoms with Crippen molar-refractivity contribution in [3.63, 3.8) is 0 Å². The Bertz CT molecular complexity index is 1460. The molecular formula is C28H26N4O4. The van der Waals surface area contributed by atoms with Crippen molar-refractivity contribution < 1.29 is 18.8 Å². The lowest BCUT2D eigenvalue weighted by Gasteiger charge is -2.37. The average molecular weight is 483 g/mol. The number of esters is 1. The summed E-state index contributed by atoms with van der Waals surface area (Å²) in [5.74, 6) is 1.14. The Labute approximate surface area is 209 Å². The molecule has 4 aromatic rings. The lowest BCUT2D eigenvalue weighted by Crippen LogP contribution is -2.50. The predicted molar refractivity (Wildman–Crippen MR) is 134 cm³/mol. The van der Waals surface area contributed by atoms with Gasteiger partial charge in [-0.15, -0.1) is 0 Å². The maximum absolute atomic E-state index is 11.7. The molecule has 1 saturated heterocycles. The molecule has 3 aromatic carbocycles. The van der Waals surface area contributed by atoms with Crippen molar-refractivity contribution in [2.24, 2.45) is 5.92 Å². The number of nitriles is 1. The fourth-order valence-corrected chi connectivity index (χ4v) is 4.50. The number of hydrogen-bond donors (Lipinski definition) is 0. The number of carbonyl (C=O) groups is 1. The number of likely N-dealkylation sites (tertiary alicyclic amines) is 1. The summed E-state index contributed by atoms with van der Waals surface area (Å²) in [6, 6.07) is 19.6. The van der Waals surface area contributed by atoms with E-state index in [0.29, 0.717) is 41.7 Å². The van der Waals surface area contributed by atoms with Crippen molar-refractivity contribution in [3.05, 3.63) is 65.7 Å². The second-order valence-corrected chi connectivity index (χ2v) is 9.14. The number of nitrogens with zero attached hydrogens (tertiary/aromatic N) is 4. The number of benzene rings is 3. The number of carbonyl (C=O) groups excluding carboxylic acids is 1. The molecule has 0 N–H and O–H groups in total. The fraction of sp³-hybridized carbons (Fsp3) is 0.286. The molecule has 0 saturated carbocycles. The summed E-state index contributed by atoms with van der Waals surface area (Å²) in [5.41, 5.74) is 3.10. The van der Waals surface area contributed by atoms with Crippen molar-refractivity contribution in [2.45, 2.75) is 26.5 Å². The van der Waals surface area contributed by atoms with Crippen LogP contribution in [0.15, 0.2) is 59.1 Å². The van der Waals surface area contributed by atoms with Gasteiger partial charge < -0.3 is 14.0 Å². The smallest absolute Gasteiger partial charge is 0.311 e. The van der Waals surface area contributed by atoms with Gasteiger partial charge in [-0.2, -0.15) is 10.2 Å². The molecule has 36 heavy (non-hydrogen) atoms. The minimum atomic E-state index is -0.150. The van der Waals surface area contributed by atoms with Gasteiger partial charge in [0.2, 0.25) is 5.82 Å². The Morgan fingerprint density at radius 2 is 1.94 bits per heavy atom. The molecule has 182 valence electrons. The van der Waals surface area contributed by atoms with Gasteiger partial charge in [0, 0.05) is 30.8 Å². The van der Waals surface area contributed by atoms with Gasteiger partial charge in [-0.05, 0) is 54.4 Å². The molecule has 8 nitrogen and oxygen atoms in total. The zero-order chi connectivity index (χ0) is 25.2. The topological polar surface area (TPSA) is 101 Å². The summed E-state index contributed by atoms with van der Waals surface area (Å²) in [6.07, 6.45) is -0.0358. The van der Waals surface area contributed by atoms with Gasteiger partial charge in [0.15, 0.2) is 0 Å². The molecule has 0 amide bonds. The minimum absolute atomic E-state index is 0.0358. The number of fused-ring (bicyclic) bond motifs is 1. The van der Waals surface area contributed by atoms with E-state index in [-0.39, 0.29) is 18.0 Å². The second kappa shape index (κ2) is 9.80. The van der Waals surface area contributed by atoms with Crippen LogP contribution in [0.3, 0.4) is 0 Å². The van der Waals surface area contributed by atoms with E-state index in [4.69, 9.17) is 14.0 Å². The standard InChI is InChI=1S/C28H26N4O4/c1-17(2)35-25-11-9-18(12-20(25)13-29)26-30-27(36-31-26)24-10-8-19(22-6-4-5-7-23(22)24)14-32-15-21(16-32)28(33)34-3/h4-12,17,21H,14-16H2,1-3H3. The first-order valence-electron chi connectivity index (χ1n) is 11.8. The molecule has 0 unspecified atom stereocenters. The Kier molecular flexibility index (Phi) is 6.40. The van der Waals surface area contributed by atoms with Crippen LogP contribution in [0.25, 0.3) is 33.6 Å². The van der Waals surface area contributed by atoms with Gasteiger partial charge in [-0.3, -0.25) is 9.69 Å². The molecule has 2 heterocycles. The van der Waals surface area contributed by atoms with E-state index in [1.807, 2.05) is 44.2 Å². The molecule has 1 aromatic heterocycles. The van der Waals surface area contributed by atoms with Crippen molar-refractivity contribution in [2.75, 3.05) is 20.2 Å². The lowest BCUT2D eigenvalue weighted by atomic mass is 9.96. The normalized spacial score (nSPS) is 14.0. The quantitative estimate of drug-likeness (QED) is 0.346. The van der Waals surface area contributed by atoms with Crippen LogP contribution in [0, 0.1) is 17.2 Å². The minimum Gasteiger partial charge on any atom is -0.490 e. The van der Waals surface area contributed by atoms with Crippen molar-refractivity contribution >= 4 is 16.7 Å². The van der Waals surface area contributed by atoms with E-state index < -0.39 is 0 Å². The summed E-state index contributed by atoms with van der Waals surface area (Å²) < 4.78 is 16.2. The van der Waals surface area contributed by atoms with Crippen molar-refractivity contribution in [1.82, 2.24) is 15.0 Å². The molecule has 0 spiro atoms. The molecule has 8 heteroatoms. The van der Waals surface area contributed by atoms with Gasteiger partial charge in [0.1, 0.15) is 11.8 Å². The van der Waals surface area contributed by atoms with Gasteiger partial charge in [0.25, 0.3) is 5.89 Å². The van der Waals surface area contributed by atoms with Crippen LogP contribution in [0.1, 0.15) is 25.0 Å². The van der Waals surface area contributed by atoms with Crippen LogP contribution in [0.5, 0.6) is 5.75 Å². The molecule has 0 atom stereocenters. The first-order valence-corrected chi connectivity index (χ1v) is 11.8. The third kappa shape index (κ3) is 4.53. The van der Waals surface area contributed by atoms with E-state index in [2.05, 4.69) is 33.2 Å². The predicted octanol–water partition coefficient (Wildman–Crippen LogP) is 4.82. The molecular weight excluding hydrogens is 456 g/mol. The number of hydrogen-bond acceptors (Lipinski definition) is 8. The van der Waals surface area contributed by atoms with Gasteiger partial charge in [-0.25, -0.2) is 0 Å². The Morgan fingerprint density at radius 3 is 2.67 bits per heavy atom. The van der Waals surface area contributed by atoms with Crippen LogP contribution in [0.2, 0.25) is 0 Å². The maximum atomic E-state index is 11.7. The first kappa shape index (κ1) is 23.5. The van der Waals surface area contributed by atoms with Crippen LogP contribution in [-0.2, 0) is 16.1 Å². The third-order valence-electron chi connectivity index (χ3n) is 6.28. The molecule has 1 fully saturated rings. The zero-order valence-electron chi connectivity index (χ0n) is 20.4. The van der Waals surface area contributed by atoms with Crippen LogP contribution in [-0.4, -0.2) is 47.3 Å². The summed E-state index contributed by atoms with van der Waals surface area (Å²) in [5, 5.41) is 15.8. The van der Waals surface area contributed by atoms with E-state index in [0.717, 1.165) is 28.4 Å². The zero-order valence-corrected chi connectivity index (χ0v) is 20.4. The van der Waals surface area contributed by atoms with Crippen LogP contribution >= 0.6 is 0 Å². The Morgan fingerprint density at radius 1 is 1.17 bits per heavy atom. The number of aromatic nitrogens is 2. The van der Waals surface area contributed by atoms with Crippen molar-refractivity contribution in [3.8, 4) is 34.7 Å². The fourth-order valence-electron chi connectivity index (χ4n) is 4.50. The molecule has 1 aliphatic rings. The number of rotatable bonds is 7. The van der Waals surface area contributed by atoms with Crippen LogP contribution < -0.4 is 4.74 Å². The monoisotopic (exact) mass is 482 g/mol. The summed E-state index contributed by atoms with van der Waals surface area (Å²) >= 11 is 0. The Balaban J connectivity index is 1.42. The van der Waals surface area contributed by atoms with Crippen LogP contribution in [0.4, 0.5) is 0 Å². The van der Waals surface area contributed by atoms with Gasteiger partial charge in [0.05, 0.1) is 24.7 Å². The summed E-state index contributed by atoms with van der Waals surface area (Å²) in [6.45, 7) is 5.96.